The van der Waals surface area contributed by atoms with Crippen molar-refractivity contribution in [2.75, 3.05) is 26.3 Å². The van der Waals surface area contributed by atoms with Crippen molar-refractivity contribution < 1.29 is 9.53 Å². The molecule has 0 aromatic carbocycles. The summed E-state index contributed by atoms with van der Waals surface area (Å²) in [6.45, 7) is 4.87. The Morgan fingerprint density at radius 1 is 1.62 bits per heavy atom. The van der Waals surface area contributed by atoms with Crippen molar-refractivity contribution in [3.63, 3.8) is 0 Å². The summed E-state index contributed by atoms with van der Waals surface area (Å²) in [6, 6.07) is 0.194. The fourth-order valence-electron chi connectivity index (χ4n) is 2.43. The van der Waals surface area contributed by atoms with Crippen molar-refractivity contribution >= 4 is 6.03 Å². The van der Waals surface area contributed by atoms with Crippen molar-refractivity contribution in [2.24, 2.45) is 5.73 Å². The Morgan fingerprint density at radius 3 is 2.94 bits per heavy atom. The topological polar surface area (TPSA) is 67.6 Å². The van der Waals surface area contributed by atoms with E-state index in [4.69, 9.17) is 10.5 Å². The van der Waals surface area contributed by atoms with Crippen molar-refractivity contribution in [3.05, 3.63) is 0 Å². The predicted molar refractivity (Wildman–Crippen MR) is 61.2 cm³/mol. The molecule has 5 heteroatoms. The molecule has 16 heavy (non-hydrogen) atoms. The number of carbonyl (C=O) groups is 1. The van der Waals surface area contributed by atoms with E-state index in [-0.39, 0.29) is 17.6 Å². The fourth-order valence-corrected chi connectivity index (χ4v) is 2.43. The van der Waals surface area contributed by atoms with Crippen LogP contribution in [0, 0.1) is 0 Å². The van der Waals surface area contributed by atoms with Crippen molar-refractivity contribution in [1.82, 2.24) is 10.2 Å². The second-order valence-corrected chi connectivity index (χ2v) is 4.98. The zero-order chi connectivity index (χ0) is 11.6. The Morgan fingerprint density at radius 2 is 2.38 bits per heavy atom. The van der Waals surface area contributed by atoms with Gasteiger partial charge in [0, 0.05) is 19.7 Å². The molecule has 0 bridgehead atoms. The minimum atomic E-state index is -0.141. The Bertz CT molecular complexity index is 258. The minimum absolute atomic E-state index is 0.00711. The molecule has 92 valence electrons. The molecule has 0 spiro atoms. The molecule has 3 N–H and O–H groups in total. The van der Waals surface area contributed by atoms with Crippen LogP contribution in [0.4, 0.5) is 4.79 Å². The van der Waals surface area contributed by atoms with Crippen LogP contribution in [0.2, 0.25) is 0 Å². The molecule has 5 nitrogen and oxygen atoms in total. The summed E-state index contributed by atoms with van der Waals surface area (Å²) in [6.07, 6.45) is 2.98. The normalized spacial score (nSPS) is 27.6. The van der Waals surface area contributed by atoms with Crippen LogP contribution < -0.4 is 11.1 Å². The highest BCUT2D eigenvalue weighted by Gasteiger charge is 2.41. The second-order valence-electron chi connectivity index (χ2n) is 4.98. The number of ether oxygens (including phenoxy) is 1. The first-order chi connectivity index (χ1) is 7.63. The third-order valence-electron chi connectivity index (χ3n) is 3.30. The van der Waals surface area contributed by atoms with Gasteiger partial charge < -0.3 is 20.7 Å². The van der Waals surface area contributed by atoms with E-state index in [0.29, 0.717) is 19.7 Å². The summed E-state index contributed by atoms with van der Waals surface area (Å²) in [5, 5.41) is 2.97. The lowest BCUT2D eigenvalue weighted by Gasteiger charge is -2.47. The average Bonchev–Trinajstić information content (AvgIpc) is 2.66. The number of carbonyl (C=O) groups excluding carboxylic acids is 1. The Kier molecular flexibility index (Phi) is 3.35. The minimum Gasteiger partial charge on any atom is -0.379 e. The van der Waals surface area contributed by atoms with Crippen LogP contribution in [-0.2, 0) is 4.74 Å². The second kappa shape index (κ2) is 4.59. The summed E-state index contributed by atoms with van der Waals surface area (Å²) in [5.74, 6) is 0. The van der Waals surface area contributed by atoms with Crippen LogP contribution in [0.1, 0.15) is 26.2 Å². The largest absolute Gasteiger partial charge is 0.379 e. The summed E-state index contributed by atoms with van der Waals surface area (Å²) in [7, 11) is 0. The van der Waals surface area contributed by atoms with Crippen LogP contribution in [-0.4, -0.2) is 48.8 Å². The van der Waals surface area contributed by atoms with Gasteiger partial charge in [-0.25, -0.2) is 4.79 Å². The molecule has 2 aliphatic heterocycles. The molecule has 2 amide bonds. The van der Waals surface area contributed by atoms with Crippen molar-refractivity contribution in [2.45, 2.75) is 37.8 Å². The van der Waals surface area contributed by atoms with Gasteiger partial charge in [-0.15, -0.1) is 0 Å². The first-order valence-electron chi connectivity index (χ1n) is 6.05. The standard InChI is InChI=1S/C11H21N3O2/c1-2-4-11(12)7-14(8-11)10(15)13-9-3-5-16-6-9/h9H,2-8,12H2,1H3,(H,13,15). The molecule has 2 aliphatic rings. The molecule has 2 heterocycles. The molecule has 0 aliphatic carbocycles. The lowest BCUT2D eigenvalue weighted by molar-refractivity contribution is 0.0873. The van der Waals surface area contributed by atoms with Crippen LogP contribution in [0.15, 0.2) is 0 Å². The van der Waals surface area contributed by atoms with E-state index >= 15 is 0 Å². The average molecular weight is 227 g/mol. The van der Waals surface area contributed by atoms with E-state index in [1.54, 1.807) is 4.90 Å². The SMILES string of the molecule is CCCC1(N)CN(C(=O)NC2CCOC2)C1. The molecule has 2 rings (SSSR count). The maximum absolute atomic E-state index is 11.8. The van der Waals surface area contributed by atoms with E-state index in [1.807, 2.05) is 0 Å². The number of hydrogen-bond donors (Lipinski definition) is 2. The third-order valence-corrected chi connectivity index (χ3v) is 3.30. The number of nitrogens with zero attached hydrogens (tertiary/aromatic N) is 1. The Hall–Kier alpha value is -0.810. The number of likely N-dealkylation sites (tertiary alicyclic amines) is 1. The molecule has 0 aromatic rings. The van der Waals surface area contributed by atoms with E-state index in [1.165, 1.54) is 0 Å². The van der Waals surface area contributed by atoms with Crippen LogP contribution in [0.5, 0.6) is 0 Å². The van der Waals surface area contributed by atoms with E-state index < -0.39 is 0 Å². The van der Waals surface area contributed by atoms with Crippen LogP contribution in [0.3, 0.4) is 0 Å². The van der Waals surface area contributed by atoms with Gasteiger partial charge in [0.05, 0.1) is 18.2 Å². The van der Waals surface area contributed by atoms with Gasteiger partial charge in [-0.2, -0.15) is 0 Å². The zero-order valence-corrected chi connectivity index (χ0v) is 9.87. The van der Waals surface area contributed by atoms with Gasteiger partial charge in [0.15, 0.2) is 0 Å². The van der Waals surface area contributed by atoms with Gasteiger partial charge in [0.1, 0.15) is 0 Å². The first-order valence-corrected chi connectivity index (χ1v) is 6.05. The van der Waals surface area contributed by atoms with Gasteiger partial charge in [-0.1, -0.05) is 13.3 Å². The number of urea groups is 1. The fraction of sp³-hybridized carbons (Fsp3) is 0.909. The van der Waals surface area contributed by atoms with Crippen LogP contribution in [0.25, 0.3) is 0 Å². The van der Waals surface area contributed by atoms with Crippen molar-refractivity contribution in [1.29, 1.82) is 0 Å². The summed E-state index contributed by atoms with van der Waals surface area (Å²) in [5.41, 5.74) is 5.96. The van der Waals surface area contributed by atoms with E-state index in [0.717, 1.165) is 25.9 Å². The highest BCUT2D eigenvalue weighted by Crippen LogP contribution is 2.23. The summed E-state index contributed by atoms with van der Waals surface area (Å²) < 4.78 is 5.21. The first kappa shape index (κ1) is 11.7. The highest BCUT2D eigenvalue weighted by molar-refractivity contribution is 5.76. The number of nitrogens with two attached hydrogens (primary N) is 1. The van der Waals surface area contributed by atoms with Gasteiger partial charge in [0.2, 0.25) is 0 Å². The Balaban J connectivity index is 1.72. The zero-order valence-electron chi connectivity index (χ0n) is 9.87. The molecule has 1 unspecified atom stereocenters. The number of hydrogen-bond acceptors (Lipinski definition) is 3. The molecule has 1 atom stereocenters. The summed E-state index contributed by atoms with van der Waals surface area (Å²) in [4.78, 5) is 13.6. The van der Waals surface area contributed by atoms with E-state index in [9.17, 15) is 4.79 Å². The molecule has 0 saturated carbocycles. The quantitative estimate of drug-likeness (QED) is 0.728. The van der Waals surface area contributed by atoms with Gasteiger partial charge in [-0.05, 0) is 12.8 Å². The lowest BCUT2D eigenvalue weighted by Crippen LogP contribution is -2.70. The van der Waals surface area contributed by atoms with Crippen molar-refractivity contribution in [3.8, 4) is 0 Å². The molecule has 2 fully saturated rings. The lowest BCUT2D eigenvalue weighted by atomic mass is 9.87. The number of rotatable bonds is 3. The maximum atomic E-state index is 11.8. The molecular formula is C11H21N3O2. The smallest absolute Gasteiger partial charge is 0.317 e. The number of nitrogens with one attached hydrogen (secondary N) is 1. The number of amides is 2. The van der Waals surface area contributed by atoms with Gasteiger partial charge in [-0.3, -0.25) is 0 Å². The highest BCUT2D eigenvalue weighted by atomic mass is 16.5. The van der Waals surface area contributed by atoms with Crippen LogP contribution >= 0.6 is 0 Å². The predicted octanol–water partition coefficient (Wildman–Crippen LogP) is 0.298. The monoisotopic (exact) mass is 227 g/mol. The van der Waals surface area contributed by atoms with Gasteiger partial charge >= 0.3 is 6.03 Å². The Labute approximate surface area is 96.3 Å². The molecule has 0 aromatic heterocycles. The summed E-state index contributed by atoms with van der Waals surface area (Å²) >= 11 is 0. The van der Waals surface area contributed by atoms with Gasteiger partial charge in [0.25, 0.3) is 0 Å². The molecular weight excluding hydrogens is 206 g/mol. The van der Waals surface area contributed by atoms with E-state index in [2.05, 4.69) is 12.2 Å². The third kappa shape index (κ3) is 2.47. The maximum Gasteiger partial charge on any atom is 0.317 e. The molecule has 2 saturated heterocycles. The molecule has 0 radical (unpaired) electrons.